The van der Waals surface area contributed by atoms with Crippen LogP contribution in [0.15, 0.2) is 36.4 Å². The number of carboxylic acids is 1. The molecule has 1 aromatic carbocycles. The molecule has 0 spiro atoms. The summed E-state index contributed by atoms with van der Waals surface area (Å²) in [5.41, 5.74) is 0.367. The third-order valence-electron chi connectivity index (χ3n) is 3.92. The molecule has 4 heteroatoms. The van der Waals surface area contributed by atoms with Crippen molar-refractivity contribution in [2.24, 2.45) is 0 Å². The van der Waals surface area contributed by atoms with Crippen molar-refractivity contribution in [2.45, 2.75) is 44.1 Å². The van der Waals surface area contributed by atoms with Crippen LogP contribution in [0.1, 0.15) is 44.1 Å². The van der Waals surface area contributed by atoms with Gasteiger partial charge in [0.1, 0.15) is 0 Å². The van der Waals surface area contributed by atoms with E-state index < -0.39 is 11.5 Å². The molecular weight excluding hydrogens is 266 g/mol. The lowest BCUT2D eigenvalue weighted by atomic mass is 9.79. The highest BCUT2D eigenvalue weighted by atomic mass is 16.4. The third kappa shape index (κ3) is 4.74. The van der Waals surface area contributed by atoms with Crippen molar-refractivity contribution in [3.05, 3.63) is 42.0 Å². The average molecular weight is 287 g/mol. The van der Waals surface area contributed by atoms with Gasteiger partial charge < -0.3 is 10.4 Å². The number of amides is 1. The molecule has 1 saturated carbocycles. The van der Waals surface area contributed by atoms with Gasteiger partial charge >= 0.3 is 5.97 Å². The Balaban J connectivity index is 2.01. The summed E-state index contributed by atoms with van der Waals surface area (Å²) in [7, 11) is 0. The molecule has 0 atom stereocenters. The van der Waals surface area contributed by atoms with Crippen molar-refractivity contribution >= 4 is 18.0 Å². The maximum Gasteiger partial charge on any atom is 0.305 e. The maximum atomic E-state index is 12.1. The smallest absolute Gasteiger partial charge is 0.305 e. The quantitative estimate of drug-likeness (QED) is 0.818. The molecule has 0 saturated heterocycles. The van der Waals surface area contributed by atoms with E-state index in [-0.39, 0.29) is 12.3 Å². The monoisotopic (exact) mass is 287 g/mol. The van der Waals surface area contributed by atoms with Gasteiger partial charge in [-0.15, -0.1) is 0 Å². The van der Waals surface area contributed by atoms with Crippen molar-refractivity contribution in [1.29, 1.82) is 0 Å². The van der Waals surface area contributed by atoms with Gasteiger partial charge in [-0.05, 0) is 24.5 Å². The van der Waals surface area contributed by atoms with E-state index in [9.17, 15) is 9.59 Å². The molecule has 1 amide bonds. The van der Waals surface area contributed by atoms with Gasteiger partial charge in [0.2, 0.25) is 5.91 Å². The fourth-order valence-corrected chi connectivity index (χ4v) is 2.90. The van der Waals surface area contributed by atoms with Crippen LogP contribution in [-0.2, 0) is 9.59 Å². The Morgan fingerprint density at radius 3 is 2.43 bits per heavy atom. The van der Waals surface area contributed by atoms with Crippen molar-refractivity contribution in [3.63, 3.8) is 0 Å². The molecule has 112 valence electrons. The second-order valence-electron chi connectivity index (χ2n) is 5.64. The largest absolute Gasteiger partial charge is 0.481 e. The minimum Gasteiger partial charge on any atom is -0.481 e. The minimum absolute atomic E-state index is 0.00207. The Morgan fingerprint density at radius 2 is 1.81 bits per heavy atom. The predicted octanol–water partition coefficient (Wildman–Crippen LogP) is 2.99. The Labute approximate surface area is 124 Å². The summed E-state index contributed by atoms with van der Waals surface area (Å²) in [6, 6.07) is 9.56. The number of hydrogen-bond acceptors (Lipinski definition) is 2. The van der Waals surface area contributed by atoms with Crippen LogP contribution in [0, 0.1) is 0 Å². The zero-order valence-corrected chi connectivity index (χ0v) is 12.0. The first-order valence-corrected chi connectivity index (χ1v) is 7.37. The van der Waals surface area contributed by atoms with Gasteiger partial charge in [0.05, 0.1) is 12.0 Å². The molecule has 21 heavy (non-hydrogen) atoms. The molecule has 0 aromatic heterocycles. The molecular formula is C17H21NO3. The molecule has 4 nitrogen and oxygen atoms in total. The van der Waals surface area contributed by atoms with Crippen molar-refractivity contribution in [2.75, 3.05) is 0 Å². The van der Waals surface area contributed by atoms with Gasteiger partial charge in [0.25, 0.3) is 0 Å². The van der Waals surface area contributed by atoms with E-state index in [1.165, 1.54) is 6.08 Å². The van der Waals surface area contributed by atoms with Crippen LogP contribution in [-0.4, -0.2) is 22.5 Å². The van der Waals surface area contributed by atoms with E-state index in [0.717, 1.165) is 37.7 Å². The van der Waals surface area contributed by atoms with Gasteiger partial charge in [-0.2, -0.15) is 0 Å². The lowest BCUT2D eigenvalue weighted by molar-refractivity contribution is -0.139. The molecule has 0 heterocycles. The first kappa shape index (κ1) is 15.3. The van der Waals surface area contributed by atoms with Gasteiger partial charge in [0.15, 0.2) is 0 Å². The van der Waals surface area contributed by atoms with Crippen LogP contribution in [0.5, 0.6) is 0 Å². The van der Waals surface area contributed by atoms with E-state index in [4.69, 9.17) is 5.11 Å². The fourth-order valence-electron chi connectivity index (χ4n) is 2.90. The summed E-state index contributed by atoms with van der Waals surface area (Å²) < 4.78 is 0. The molecule has 1 aliphatic carbocycles. The van der Waals surface area contributed by atoms with Gasteiger partial charge in [-0.3, -0.25) is 9.59 Å². The van der Waals surface area contributed by atoms with Crippen molar-refractivity contribution in [3.8, 4) is 0 Å². The van der Waals surface area contributed by atoms with Gasteiger partial charge in [0, 0.05) is 6.08 Å². The van der Waals surface area contributed by atoms with Crippen LogP contribution < -0.4 is 5.32 Å². The zero-order valence-electron chi connectivity index (χ0n) is 12.0. The van der Waals surface area contributed by atoms with E-state index in [0.29, 0.717) is 0 Å². The normalized spacial score (nSPS) is 17.5. The lowest BCUT2D eigenvalue weighted by Gasteiger charge is -2.36. The first-order valence-electron chi connectivity index (χ1n) is 7.37. The number of carboxylic acid groups (broad SMARTS) is 1. The standard InChI is InChI=1S/C17H21NO3/c19-15(10-9-14-7-3-1-4-8-14)18-17(13-16(20)21)11-5-2-6-12-17/h1,3-4,7-10H,2,5-6,11-13H2,(H,18,19)(H,20,21). The zero-order chi connectivity index (χ0) is 15.1. The van der Waals surface area contributed by atoms with Gasteiger partial charge in [-0.25, -0.2) is 0 Å². The summed E-state index contributed by atoms with van der Waals surface area (Å²) in [4.78, 5) is 23.1. The fraction of sp³-hybridized carbons (Fsp3) is 0.412. The molecule has 1 aliphatic rings. The Hall–Kier alpha value is -2.10. The van der Waals surface area contributed by atoms with Gasteiger partial charge in [-0.1, -0.05) is 49.6 Å². The Bertz CT molecular complexity index is 516. The SMILES string of the molecule is O=C(O)CC1(NC(=O)C=Cc2ccccc2)CCCCC1. The van der Waals surface area contributed by atoms with Crippen LogP contribution in [0.25, 0.3) is 6.08 Å². The Kier molecular flexibility index (Phi) is 5.14. The second-order valence-corrected chi connectivity index (χ2v) is 5.64. The highest BCUT2D eigenvalue weighted by Crippen LogP contribution is 2.31. The topological polar surface area (TPSA) is 66.4 Å². The number of carbonyl (C=O) groups excluding carboxylic acids is 1. The van der Waals surface area contributed by atoms with E-state index >= 15 is 0 Å². The molecule has 0 aliphatic heterocycles. The first-order chi connectivity index (χ1) is 10.1. The number of aliphatic carboxylic acids is 1. The molecule has 2 rings (SSSR count). The second kappa shape index (κ2) is 7.07. The summed E-state index contributed by atoms with van der Waals surface area (Å²) in [5.74, 6) is -1.08. The highest BCUT2D eigenvalue weighted by molar-refractivity contribution is 5.92. The molecule has 0 unspecified atom stereocenters. The number of benzene rings is 1. The van der Waals surface area contributed by atoms with Crippen LogP contribution in [0.2, 0.25) is 0 Å². The minimum atomic E-state index is -0.857. The Morgan fingerprint density at radius 1 is 1.14 bits per heavy atom. The predicted molar refractivity (Wildman–Crippen MR) is 81.7 cm³/mol. The average Bonchev–Trinajstić information content (AvgIpc) is 2.46. The highest BCUT2D eigenvalue weighted by Gasteiger charge is 2.35. The number of carbonyl (C=O) groups is 2. The molecule has 0 bridgehead atoms. The third-order valence-corrected chi connectivity index (χ3v) is 3.92. The number of hydrogen-bond donors (Lipinski definition) is 2. The van der Waals surface area contributed by atoms with Crippen LogP contribution in [0.4, 0.5) is 0 Å². The molecule has 0 radical (unpaired) electrons. The summed E-state index contributed by atoms with van der Waals surface area (Å²) >= 11 is 0. The summed E-state index contributed by atoms with van der Waals surface area (Å²) in [6.45, 7) is 0. The summed E-state index contributed by atoms with van der Waals surface area (Å²) in [5, 5.41) is 12.0. The molecule has 2 N–H and O–H groups in total. The molecule has 1 aromatic rings. The van der Waals surface area contributed by atoms with E-state index in [1.807, 2.05) is 30.3 Å². The lowest BCUT2D eigenvalue weighted by Crippen LogP contribution is -2.50. The van der Waals surface area contributed by atoms with E-state index in [2.05, 4.69) is 5.32 Å². The van der Waals surface area contributed by atoms with Crippen LogP contribution in [0.3, 0.4) is 0 Å². The maximum absolute atomic E-state index is 12.1. The summed E-state index contributed by atoms with van der Waals surface area (Å²) in [6.07, 6.45) is 7.75. The van der Waals surface area contributed by atoms with Crippen LogP contribution >= 0.6 is 0 Å². The number of nitrogens with one attached hydrogen (secondary N) is 1. The van der Waals surface area contributed by atoms with Crippen molar-refractivity contribution < 1.29 is 14.7 Å². The van der Waals surface area contributed by atoms with E-state index in [1.54, 1.807) is 6.08 Å². The molecule has 1 fully saturated rings. The van der Waals surface area contributed by atoms with Crippen molar-refractivity contribution in [1.82, 2.24) is 5.32 Å². The number of rotatable bonds is 5.